The number of amides is 2. The summed E-state index contributed by atoms with van der Waals surface area (Å²) in [5.41, 5.74) is 0.928. The summed E-state index contributed by atoms with van der Waals surface area (Å²) in [7, 11) is 0. The van der Waals surface area contributed by atoms with Crippen LogP contribution in [0.2, 0.25) is 0 Å². The molecule has 5 nitrogen and oxygen atoms in total. The average molecular weight is 318 g/mol. The minimum atomic E-state index is -0.397. The second-order valence-electron chi connectivity index (χ2n) is 7.23. The molecule has 1 aliphatic rings. The second-order valence-corrected chi connectivity index (χ2v) is 7.23. The topological polar surface area (TPSA) is 78.4 Å². The predicted octanol–water partition coefficient (Wildman–Crippen LogP) is 2.11. The molecule has 126 valence electrons. The van der Waals surface area contributed by atoms with Gasteiger partial charge in [0.25, 0.3) is 11.8 Å². The molecule has 0 heterocycles. The van der Waals surface area contributed by atoms with Crippen LogP contribution in [0.15, 0.2) is 24.3 Å². The van der Waals surface area contributed by atoms with E-state index in [1.807, 2.05) is 13.8 Å². The van der Waals surface area contributed by atoms with Crippen LogP contribution in [0.5, 0.6) is 0 Å². The van der Waals surface area contributed by atoms with Crippen molar-refractivity contribution in [3.05, 3.63) is 35.4 Å². The Hall–Kier alpha value is -1.88. The Kier molecular flexibility index (Phi) is 5.42. The first-order chi connectivity index (χ1) is 10.8. The lowest BCUT2D eigenvalue weighted by Gasteiger charge is -2.26. The molecule has 2 rings (SSSR count). The summed E-state index contributed by atoms with van der Waals surface area (Å²) < 4.78 is 0. The molecule has 0 aromatic heterocycles. The molecule has 1 atom stereocenters. The molecule has 1 aromatic rings. The summed E-state index contributed by atoms with van der Waals surface area (Å²) in [4.78, 5) is 24.1. The fourth-order valence-electron chi connectivity index (χ4n) is 2.56. The van der Waals surface area contributed by atoms with Crippen LogP contribution in [0.3, 0.4) is 0 Å². The van der Waals surface area contributed by atoms with Crippen LogP contribution < -0.4 is 10.6 Å². The average Bonchev–Trinajstić information content (AvgIpc) is 3.27. The number of aliphatic hydroxyl groups excluding tert-OH is 1. The van der Waals surface area contributed by atoms with Crippen LogP contribution in [-0.4, -0.2) is 35.6 Å². The van der Waals surface area contributed by atoms with Crippen LogP contribution >= 0.6 is 0 Å². The molecule has 0 saturated heterocycles. The minimum Gasteiger partial charge on any atom is -0.393 e. The number of hydrogen-bond acceptors (Lipinski definition) is 3. The van der Waals surface area contributed by atoms with Crippen LogP contribution in [0, 0.1) is 5.41 Å². The SMILES string of the molecule is CC(O)CC(C)(C)CNC(=O)c1ccc(C(=O)NC2CC2)cc1. The lowest BCUT2D eigenvalue weighted by molar-refractivity contribution is 0.0900. The maximum Gasteiger partial charge on any atom is 0.251 e. The van der Waals surface area contributed by atoms with E-state index in [2.05, 4.69) is 10.6 Å². The van der Waals surface area contributed by atoms with Gasteiger partial charge in [0.05, 0.1) is 6.10 Å². The molecule has 5 heteroatoms. The first-order valence-corrected chi connectivity index (χ1v) is 8.14. The monoisotopic (exact) mass is 318 g/mol. The lowest BCUT2D eigenvalue weighted by Crippen LogP contribution is -2.35. The molecule has 1 saturated carbocycles. The van der Waals surface area contributed by atoms with E-state index in [-0.39, 0.29) is 17.2 Å². The standard InChI is InChI=1S/C18H26N2O3/c1-12(21)10-18(2,3)11-19-16(22)13-4-6-14(7-5-13)17(23)20-15-8-9-15/h4-7,12,15,21H,8-11H2,1-3H3,(H,19,22)(H,20,23). The molecule has 2 amide bonds. The fraction of sp³-hybridized carbons (Fsp3) is 0.556. The number of hydrogen-bond donors (Lipinski definition) is 3. The number of carbonyl (C=O) groups excluding carboxylic acids is 2. The quantitative estimate of drug-likeness (QED) is 0.720. The van der Waals surface area contributed by atoms with E-state index in [9.17, 15) is 14.7 Å². The van der Waals surface area contributed by atoms with E-state index in [4.69, 9.17) is 0 Å². The van der Waals surface area contributed by atoms with E-state index < -0.39 is 6.10 Å². The molecule has 0 aliphatic heterocycles. The van der Waals surface area contributed by atoms with E-state index >= 15 is 0 Å². The van der Waals surface area contributed by atoms with Gasteiger partial charge in [-0.15, -0.1) is 0 Å². The highest BCUT2D eigenvalue weighted by Crippen LogP contribution is 2.21. The van der Waals surface area contributed by atoms with Gasteiger partial charge in [0.1, 0.15) is 0 Å². The summed E-state index contributed by atoms with van der Waals surface area (Å²) in [5, 5.41) is 15.3. The van der Waals surface area contributed by atoms with Crippen molar-refractivity contribution in [1.82, 2.24) is 10.6 Å². The highest BCUT2D eigenvalue weighted by molar-refractivity contribution is 5.98. The molecule has 3 N–H and O–H groups in total. The molecule has 1 aliphatic carbocycles. The van der Waals surface area contributed by atoms with Gasteiger partial charge in [0, 0.05) is 23.7 Å². The normalized spacial score (nSPS) is 15.8. The van der Waals surface area contributed by atoms with Gasteiger partial charge in [-0.1, -0.05) is 13.8 Å². The molecule has 0 spiro atoms. The summed E-state index contributed by atoms with van der Waals surface area (Å²) in [6, 6.07) is 7.00. The van der Waals surface area contributed by atoms with Crippen molar-refractivity contribution in [3.63, 3.8) is 0 Å². The highest BCUT2D eigenvalue weighted by Gasteiger charge is 2.24. The number of benzene rings is 1. The Balaban J connectivity index is 1.88. The summed E-state index contributed by atoms with van der Waals surface area (Å²) in [6.07, 6.45) is 2.32. The zero-order valence-electron chi connectivity index (χ0n) is 14.1. The van der Waals surface area contributed by atoms with Gasteiger partial charge in [-0.25, -0.2) is 0 Å². The number of nitrogens with one attached hydrogen (secondary N) is 2. The van der Waals surface area contributed by atoms with Gasteiger partial charge in [-0.05, 0) is 55.9 Å². The first kappa shape index (κ1) is 17.5. The predicted molar refractivity (Wildman–Crippen MR) is 89.3 cm³/mol. The van der Waals surface area contributed by atoms with Crippen LogP contribution in [-0.2, 0) is 0 Å². The minimum absolute atomic E-state index is 0.0856. The van der Waals surface area contributed by atoms with Gasteiger partial charge in [0.15, 0.2) is 0 Å². The van der Waals surface area contributed by atoms with Crippen molar-refractivity contribution in [3.8, 4) is 0 Å². The van der Waals surface area contributed by atoms with E-state index in [1.54, 1.807) is 31.2 Å². The Labute approximate surface area is 137 Å². The number of carbonyl (C=O) groups is 2. The van der Waals surface area contributed by atoms with Gasteiger partial charge >= 0.3 is 0 Å². The number of rotatable bonds is 7. The lowest BCUT2D eigenvalue weighted by atomic mass is 9.87. The third-order valence-electron chi connectivity index (χ3n) is 3.90. The van der Waals surface area contributed by atoms with E-state index in [0.29, 0.717) is 30.1 Å². The van der Waals surface area contributed by atoms with Crippen molar-refractivity contribution < 1.29 is 14.7 Å². The van der Waals surface area contributed by atoms with Gasteiger partial charge in [-0.2, -0.15) is 0 Å². The summed E-state index contributed by atoms with van der Waals surface area (Å²) in [5.74, 6) is -0.254. The van der Waals surface area contributed by atoms with Crippen molar-refractivity contribution >= 4 is 11.8 Å². The Morgan fingerprint density at radius 2 is 1.70 bits per heavy atom. The second kappa shape index (κ2) is 7.13. The third-order valence-corrected chi connectivity index (χ3v) is 3.90. The van der Waals surface area contributed by atoms with Crippen LogP contribution in [0.4, 0.5) is 0 Å². The fourth-order valence-corrected chi connectivity index (χ4v) is 2.56. The maximum atomic E-state index is 12.2. The van der Waals surface area contributed by atoms with E-state index in [0.717, 1.165) is 12.8 Å². The van der Waals surface area contributed by atoms with Crippen molar-refractivity contribution in [2.75, 3.05) is 6.54 Å². The summed E-state index contributed by atoms with van der Waals surface area (Å²) >= 11 is 0. The third kappa shape index (κ3) is 5.67. The maximum absolute atomic E-state index is 12.2. The van der Waals surface area contributed by atoms with Gasteiger partial charge in [0.2, 0.25) is 0 Å². The molecule has 0 radical (unpaired) electrons. The Bertz CT molecular complexity index is 560. The molecule has 23 heavy (non-hydrogen) atoms. The van der Waals surface area contributed by atoms with Crippen LogP contribution in [0.1, 0.15) is 60.7 Å². The summed E-state index contributed by atoms with van der Waals surface area (Å²) in [6.45, 7) is 6.24. The zero-order valence-corrected chi connectivity index (χ0v) is 14.1. The molecule has 1 fully saturated rings. The first-order valence-electron chi connectivity index (χ1n) is 8.14. The molecule has 1 aromatic carbocycles. The van der Waals surface area contributed by atoms with Gasteiger partial charge in [-0.3, -0.25) is 9.59 Å². The van der Waals surface area contributed by atoms with Crippen molar-refractivity contribution in [2.24, 2.45) is 5.41 Å². The molecular weight excluding hydrogens is 292 g/mol. The molecular formula is C18H26N2O3. The zero-order chi connectivity index (χ0) is 17.0. The van der Waals surface area contributed by atoms with Crippen molar-refractivity contribution in [1.29, 1.82) is 0 Å². The smallest absolute Gasteiger partial charge is 0.251 e. The number of aliphatic hydroxyl groups is 1. The highest BCUT2D eigenvalue weighted by atomic mass is 16.3. The van der Waals surface area contributed by atoms with Crippen molar-refractivity contribution in [2.45, 2.75) is 52.2 Å². The van der Waals surface area contributed by atoms with Gasteiger partial charge < -0.3 is 15.7 Å². The largest absolute Gasteiger partial charge is 0.393 e. The van der Waals surface area contributed by atoms with E-state index in [1.165, 1.54) is 0 Å². The molecule has 1 unspecified atom stereocenters. The molecule has 0 bridgehead atoms. The Morgan fingerprint density at radius 1 is 1.17 bits per heavy atom. The van der Waals surface area contributed by atoms with Crippen LogP contribution in [0.25, 0.3) is 0 Å². The Morgan fingerprint density at radius 3 is 2.17 bits per heavy atom.